The number of H-pyrrole nitrogens is 2. The second-order valence-corrected chi connectivity index (χ2v) is 15.9. The van der Waals surface area contributed by atoms with Crippen LogP contribution < -0.4 is 10.2 Å². The number of nitrogens with one attached hydrogen (secondary N) is 2. The van der Waals surface area contributed by atoms with Gasteiger partial charge in [0, 0.05) is 48.1 Å². The minimum Gasteiger partial charge on any atom is -0.364 e. The lowest BCUT2D eigenvalue weighted by Crippen LogP contribution is -2.64. The summed E-state index contributed by atoms with van der Waals surface area (Å²) in [6.45, 7) is 1.20. The molecule has 292 valence electrons. The number of nitrogens with two attached hydrogens (primary N) is 1. The van der Waals surface area contributed by atoms with Gasteiger partial charge in [-0.05, 0) is 75.4 Å². The maximum atomic E-state index is 14.9. The zero-order valence-electron chi connectivity index (χ0n) is 33.1. The van der Waals surface area contributed by atoms with Crippen molar-refractivity contribution in [3.8, 4) is 22.5 Å². The van der Waals surface area contributed by atoms with Gasteiger partial charge in [0.1, 0.15) is 17.6 Å². The zero-order valence-corrected chi connectivity index (χ0v) is 33.1. The second kappa shape index (κ2) is 15.6. The van der Waals surface area contributed by atoms with E-state index in [1.165, 1.54) is 0 Å². The van der Waals surface area contributed by atoms with Crippen LogP contribution in [0, 0.1) is 0 Å². The monoisotopic (exact) mass is 763 g/mol. The summed E-state index contributed by atoms with van der Waals surface area (Å²) in [5, 5.41) is 0.950. The van der Waals surface area contributed by atoms with E-state index >= 15 is 0 Å². The van der Waals surface area contributed by atoms with Gasteiger partial charge in [0.05, 0.1) is 24.5 Å². The molecule has 4 heterocycles. The summed E-state index contributed by atoms with van der Waals surface area (Å²) in [4.78, 5) is 59.6. The van der Waals surface area contributed by atoms with Crippen LogP contribution in [0.5, 0.6) is 0 Å². The summed E-state index contributed by atoms with van der Waals surface area (Å²) >= 11 is 0. The van der Waals surface area contributed by atoms with Crippen LogP contribution in [0.15, 0.2) is 115 Å². The Morgan fingerprint density at radius 1 is 0.754 bits per heavy atom. The molecule has 57 heavy (non-hydrogen) atoms. The molecule has 0 aliphatic carbocycles. The van der Waals surface area contributed by atoms with Gasteiger partial charge in [0.15, 0.2) is 12.1 Å². The highest BCUT2D eigenvalue weighted by Crippen LogP contribution is 2.41. The predicted octanol–water partition coefficient (Wildman–Crippen LogP) is 6.98. The fourth-order valence-electron chi connectivity index (χ4n) is 9.26. The molecular formula is C46H51N8O3+. The number of aromatic nitrogens is 3. The number of primary amides is 1. The summed E-state index contributed by atoms with van der Waals surface area (Å²) in [6.07, 6.45) is 4.91. The third-order valence-electron chi connectivity index (χ3n) is 12.0. The van der Waals surface area contributed by atoms with Crippen molar-refractivity contribution in [1.82, 2.24) is 34.1 Å². The van der Waals surface area contributed by atoms with E-state index in [0.717, 1.165) is 75.3 Å². The van der Waals surface area contributed by atoms with E-state index in [2.05, 4.69) is 40.3 Å². The summed E-state index contributed by atoms with van der Waals surface area (Å²) in [7, 11) is 7.70. The lowest BCUT2D eigenvalue weighted by Gasteiger charge is -2.39. The third kappa shape index (κ3) is 6.96. The van der Waals surface area contributed by atoms with Crippen LogP contribution in [0.2, 0.25) is 0 Å². The van der Waals surface area contributed by atoms with Gasteiger partial charge in [0.25, 0.3) is 5.91 Å². The molecule has 0 bridgehead atoms. The Balaban J connectivity index is 1.05. The first-order valence-corrected chi connectivity index (χ1v) is 19.8. The van der Waals surface area contributed by atoms with Crippen molar-refractivity contribution in [2.45, 2.75) is 49.9 Å². The van der Waals surface area contributed by atoms with Crippen LogP contribution in [0.3, 0.4) is 0 Å². The number of hydrogen-bond acceptors (Lipinski definition) is 6. The first-order chi connectivity index (χ1) is 27.6. The molecule has 2 aliphatic heterocycles. The van der Waals surface area contributed by atoms with Crippen LogP contribution in [0.1, 0.15) is 60.8 Å². The largest absolute Gasteiger partial charge is 0.364 e. The van der Waals surface area contributed by atoms with Gasteiger partial charge in [-0.25, -0.2) is 14.3 Å². The number of carbonyl (C=O) groups excluding carboxylic acids is 3. The molecule has 0 radical (unpaired) electrons. The number of quaternary nitrogens is 1. The molecule has 3 amide bonds. The second-order valence-electron chi connectivity index (χ2n) is 15.9. The van der Waals surface area contributed by atoms with Crippen molar-refractivity contribution < 1.29 is 14.4 Å². The molecule has 5 atom stereocenters. The fraction of sp³-hybridized carbons (Fsp3) is 0.304. The normalized spacial score (nSPS) is 20.7. The lowest BCUT2D eigenvalue weighted by atomic mass is 10.00. The van der Waals surface area contributed by atoms with Gasteiger partial charge in [0.2, 0.25) is 5.91 Å². The molecule has 11 nitrogen and oxygen atoms in total. The first kappa shape index (κ1) is 38.0. The van der Waals surface area contributed by atoms with Crippen molar-refractivity contribution >= 4 is 34.3 Å². The molecule has 6 aromatic rings. The van der Waals surface area contributed by atoms with Crippen molar-refractivity contribution in [1.29, 1.82) is 0 Å². The van der Waals surface area contributed by atoms with Crippen molar-refractivity contribution in [2.75, 3.05) is 41.3 Å². The number of nitrogens with zero attached hydrogens (tertiary/aromatic N) is 5. The van der Waals surface area contributed by atoms with Crippen LogP contribution in [-0.2, 0) is 14.4 Å². The number of benzene rings is 4. The van der Waals surface area contributed by atoms with Crippen LogP contribution in [0.25, 0.3) is 33.4 Å². The molecule has 11 heteroatoms. The topological polar surface area (TPSA) is 131 Å². The van der Waals surface area contributed by atoms with E-state index in [0.29, 0.717) is 19.5 Å². The average Bonchev–Trinajstić information content (AvgIpc) is 4.04. The molecule has 4 aromatic carbocycles. The minimum absolute atomic E-state index is 0.0580. The Bertz CT molecular complexity index is 2390. The quantitative estimate of drug-likeness (QED) is 0.122. The molecule has 0 spiro atoms. The Morgan fingerprint density at radius 3 is 2.02 bits per heavy atom. The number of carbonyl (C=O) groups is 3. The first-order valence-electron chi connectivity index (χ1n) is 19.8. The Kier molecular flexibility index (Phi) is 10.4. The molecule has 2 aliphatic rings. The van der Waals surface area contributed by atoms with E-state index in [4.69, 9.17) is 10.7 Å². The van der Waals surface area contributed by atoms with E-state index in [-0.39, 0.29) is 28.4 Å². The number of aromatic amines is 2. The van der Waals surface area contributed by atoms with E-state index < -0.39 is 18.0 Å². The molecule has 2 aromatic heterocycles. The summed E-state index contributed by atoms with van der Waals surface area (Å²) in [6, 6.07) is 34.4. The van der Waals surface area contributed by atoms with Gasteiger partial charge in [-0.15, -0.1) is 0 Å². The smallest absolute Gasteiger partial charge is 0.341 e. The lowest BCUT2D eigenvalue weighted by molar-refractivity contribution is -0.140. The number of imidazole rings is 1. The highest BCUT2D eigenvalue weighted by Gasteiger charge is 2.55. The highest BCUT2D eigenvalue weighted by molar-refractivity contribution is 6.01. The number of likely N-dealkylation sites (tertiary alicyclic amines) is 2. The molecule has 2 saturated heterocycles. The Hall–Kier alpha value is -5.88. The number of amides is 3. The van der Waals surface area contributed by atoms with Gasteiger partial charge in [-0.1, -0.05) is 84.9 Å². The van der Waals surface area contributed by atoms with E-state index in [9.17, 15) is 14.4 Å². The molecule has 0 saturated carbocycles. The SMILES string of the molecule is CN(C)[C@@H](C(=O)N1CCC[C@H]1c1ncc(-c2ccc(-c3cc4cc([N+]5(C(=O)[C@@H](c6ccccc6)N(C)C)CCC[C@H]5C(N)=O)ccc4[nH]3)cc2)[nH]1)c1ccccc1. The summed E-state index contributed by atoms with van der Waals surface area (Å²) < 4.78 is -0.111. The minimum atomic E-state index is -0.656. The van der Waals surface area contributed by atoms with Gasteiger partial charge < -0.3 is 20.6 Å². The number of likely N-dealkylation sites (N-methyl/N-ethyl adjacent to an activating group) is 2. The molecule has 8 rings (SSSR count). The maximum absolute atomic E-state index is 14.9. The van der Waals surface area contributed by atoms with Crippen molar-refractivity contribution in [3.05, 3.63) is 132 Å². The van der Waals surface area contributed by atoms with Crippen LogP contribution in [0.4, 0.5) is 5.69 Å². The molecule has 4 N–H and O–H groups in total. The van der Waals surface area contributed by atoms with Crippen LogP contribution in [-0.4, -0.2) is 94.7 Å². The summed E-state index contributed by atoms with van der Waals surface area (Å²) in [5.41, 5.74) is 13.5. The van der Waals surface area contributed by atoms with Crippen molar-refractivity contribution in [2.24, 2.45) is 5.73 Å². The third-order valence-corrected chi connectivity index (χ3v) is 12.0. The number of hydrogen-bond donors (Lipinski definition) is 3. The van der Waals surface area contributed by atoms with E-state index in [1.54, 1.807) is 0 Å². The predicted molar refractivity (Wildman–Crippen MR) is 225 cm³/mol. The zero-order chi connectivity index (χ0) is 39.8. The molecule has 2 fully saturated rings. The van der Waals surface area contributed by atoms with Gasteiger partial charge in [-0.3, -0.25) is 19.4 Å². The van der Waals surface area contributed by atoms with Crippen LogP contribution >= 0.6 is 0 Å². The average molecular weight is 764 g/mol. The Morgan fingerprint density at radius 2 is 1.39 bits per heavy atom. The fourth-order valence-corrected chi connectivity index (χ4v) is 9.26. The highest BCUT2D eigenvalue weighted by atomic mass is 16.2. The van der Waals surface area contributed by atoms with Gasteiger partial charge in [-0.2, -0.15) is 0 Å². The maximum Gasteiger partial charge on any atom is 0.341 e. The standard InChI is InChI=1S/C46H50N8O3/c1-51(2)41(32-13-7-5-8-14-32)45(56)53-25-11-17-39(53)44-48-29-38(50-44)31-21-19-30(20-22-31)37-28-34-27-35(23-24-36(34)49-37)54(26-12-18-40(54)43(47)55)46(57)42(52(3)4)33-15-9-6-10-16-33/h5-10,13-16,19-24,27-29,39-42,49H,11-12,17-18,25-26H2,1-4H3,(H2-,47,48,50,55)/p+1/t39-,40-,41+,42+,54?/m0/s1. The number of rotatable bonds is 11. The number of fused-ring (bicyclic) bond motifs is 1. The molecule has 1 unspecified atom stereocenters. The Labute approximate surface area is 333 Å². The molecular weight excluding hydrogens is 713 g/mol. The summed E-state index contributed by atoms with van der Waals surface area (Å²) in [5.74, 6) is 0.370. The van der Waals surface area contributed by atoms with E-state index in [1.807, 2.05) is 128 Å². The van der Waals surface area contributed by atoms with Gasteiger partial charge >= 0.3 is 5.91 Å². The van der Waals surface area contributed by atoms with Crippen molar-refractivity contribution in [3.63, 3.8) is 0 Å².